The van der Waals surface area contributed by atoms with Crippen LogP contribution in [0, 0.1) is 28.6 Å². The quantitative estimate of drug-likeness (QED) is 0.248. The van der Waals surface area contributed by atoms with Gasteiger partial charge >= 0.3 is 6.03 Å². The molecule has 1 aliphatic heterocycles. The number of primary amides is 1. The van der Waals surface area contributed by atoms with Crippen LogP contribution in [-0.2, 0) is 29.0 Å². The molecule has 248 valence electrons. The number of carbonyl (C=O) groups excluding carboxylic acids is 5. The molecule has 4 unspecified atom stereocenters. The monoisotopic (exact) mass is 637 g/mol. The first-order valence-electron chi connectivity index (χ1n) is 16.0. The Labute approximate surface area is 261 Å². The number of sulfone groups is 1. The number of hydrogen-bond acceptors (Lipinski definition) is 7. The fraction of sp³-hybridized carbons (Fsp3) is 0.839. The van der Waals surface area contributed by atoms with Crippen molar-refractivity contribution < 1.29 is 32.4 Å². The number of Topliss-reactive ketones (excluding diaryl/α,β-unsaturated/α-hetero) is 1. The van der Waals surface area contributed by atoms with Gasteiger partial charge in [0.25, 0.3) is 5.91 Å². The molecule has 3 aliphatic carbocycles. The third-order valence-corrected chi connectivity index (χ3v) is 11.6. The topological polar surface area (TPSA) is 185 Å². The fourth-order valence-electron chi connectivity index (χ4n) is 7.79. The Balaban J connectivity index is 1.54. The van der Waals surface area contributed by atoms with E-state index in [4.69, 9.17) is 5.73 Å². The zero-order valence-electron chi connectivity index (χ0n) is 27.0. The molecule has 4 rings (SSSR count). The Morgan fingerprint density at radius 1 is 0.977 bits per heavy atom. The number of nitrogens with two attached hydrogens (primary N) is 1. The number of amides is 5. The normalized spacial score (nSPS) is 27.2. The van der Waals surface area contributed by atoms with Crippen LogP contribution >= 0.6 is 0 Å². The minimum atomic E-state index is -3.39. The van der Waals surface area contributed by atoms with E-state index in [1.165, 1.54) is 4.90 Å². The number of nitrogens with zero attached hydrogens (tertiary/aromatic N) is 1. The average molecular weight is 638 g/mol. The molecule has 0 aromatic heterocycles. The van der Waals surface area contributed by atoms with Gasteiger partial charge in [0.1, 0.15) is 21.9 Å². The van der Waals surface area contributed by atoms with Crippen LogP contribution in [0.1, 0.15) is 92.4 Å². The Morgan fingerprint density at radius 3 is 2.09 bits per heavy atom. The lowest BCUT2D eigenvalue weighted by atomic mass is 9.80. The van der Waals surface area contributed by atoms with Crippen LogP contribution in [0.4, 0.5) is 4.79 Å². The highest BCUT2D eigenvalue weighted by molar-refractivity contribution is 7.90. The summed E-state index contributed by atoms with van der Waals surface area (Å²) in [6, 6.07) is -3.57. The number of rotatable bonds is 11. The van der Waals surface area contributed by atoms with Gasteiger partial charge in [0, 0.05) is 12.8 Å². The zero-order valence-corrected chi connectivity index (χ0v) is 27.8. The molecule has 1 saturated heterocycles. The van der Waals surface area contributed by atoms with Gasteiger partial charge in [-0.1, -0.05) is 73.1 Å². The predicted molar refractivity (Wildman–Crippen MR) is 165 cm³/mol. The highest BCUT2D eigenvalue weighted by Gasteiger charge is 2.70. The van der Waals surface area contributed by atoms with Gasteiger partial charge in [0.05, 0.1) is 17.3 Å². The number of fused-ring (bicyclic) bond motifs is 1. The number of likely N-dealkylation sites (tertiary alicyclic amines) is 1. The maximum absolute atomic E-state index is 14.2. The van der Waals surface area contributed by atoms with Crippen molar-refractivity contribution in [1.29, 1.82) is 0 Å². The maximum atomic E-state index is 14.2. The second-order valence-corrected chi connectivity index (χ2v) is 17.7. The lowest BCUT2D eigenvalue weighted by molar-refractivity contribution is -0.145. The van der Waals surface area contributed by atoms with E-state index in [0.29, 0.717) is 25.8 Å². The van der Waals surface area contributed by atoms with Crippen LogP contribution < -0.4 is 21.7 Å². The number of nitrogens with one attached hydrogen (secondary N) is 3. The highest BCUT2D eigenvalue weighted by atomic mass is 32.2. The molecule has 13 heteroatoms. The molecule has 5 N–H and O–H groups in total. The summed E-state index contributed by atoms with van der Waals surface area (Å²) in [7, 11) is -3.39. The van der Waals surface area contributed by atoms with Crippen molar-refractivity contribution in [1.82, 2.24) is 20.9 Å². The van der Waals surface area contributed by atoms with Crippen molar-refractivity contribution in [3.63, 3.8) is 0 Å². The molecule has 0 radical (unpaired) electrons. The number of carbonyl (C=O) groups is 5. The van der Waals surface area contributed by atoms with Crippen molar-refractivity contribution >= 4 is 39.4 Å². The van der Waals surface area contributed by atoms with E-state index < -0.39 is 68.5 Å². The smallest absolute Gasteiger partial charge is 0.315 e. The third-order valence-electron chi connectivity index (χ3n) is 10.5. The van der Waals surface area contributed by atoms with Gasteiger partial charge in [-0.15, -0.1) is 0 Å². The molecule has 0 bridgehead atoms. The average Bonchev–Trinajstić information content (AvgIpc) is 3.19. The summed E-state index contributed by atoms with van der Waals surface area (Å²) in [5.74, 6) is -2.91. The molecule has 3 saturated carbocycles. The summed E-state index contributed by atoms with van der Waals surface area (Å²) >= 11 is 0. The van der Waals surface area contributed by atoms with Gasteiger partial charge in [0.15, 0.2) is 0 Å². The largest absolute Gasteiger partial charge is 0.363 e. The van der Waals surface area contributed by atoms with Crippen molar-refractivity contribution in [2.75, 3.05) is 18.6 Å². The molecule has 44 heavy (non-hydrogen) atoms. The van der Waals surface area contributed by atoms with Crippen LogP contribution in [0.3, 0.4) is 0 Å². The van der Waals surface area contributed by atoms with Gasteiger partial charge in [-0.25, -0.2) is 13.2 Å². The molecule has 4 aliphatic rings. The van der Waals surface area contributed by atoms with Crippen molar-refractivity contribution in [3.05, 3.63) is 0 Å². The second kappa shape index (κ2) is 12.2. The molecule has 12 nitrogen and oxygen atoms in total. The molecule has 1 heterocycles. The van der Waals surface area contributed by atoms with Crippen LogP contribution in [0.5, 0.6) is 0 Å². The highest BCUT2D eigenvalue weighted by Crippen LogP contribution is 2.65. The van der Waals surface area contributed by atoms with E-state index in [1.807, 2.05) is 34.6 Å². The Kier molecular flexibility index (Phi) is 9.51. The van der Waals surface area contributed by atoms with E-state index >= 15 is 0 Å². The molecular weight excluding hydrogens is 586 g/mol. The summed E-state index contributed by atoms with van der Waals surface area (Å²) in [5, 5.41) is 8.53. The van der Waals surface area contributed by atoms with Gasteiger partial charge < -0.3 is 26.6 Å². The minimum absolute atomic E-state index is 0.0637. The van der Waals surface area contributed by atoms with E-state index in [-0.39, 0.29) is 28.9 Å². The summed E-state index contributed by atoms with van der Waals surface area (Å²) < 4.78 is 24.5. The fourth-order valence-corrected chi connectivity index (χ4v) is 9.16. The standard InChI is InChI=1S/C31H51N5O7S/c1-29(2,3)24(34-28(41)35-31(17-44(6,42)43)13-8-7-9-14-31)27(40)36-16-19-21(30(19,4)5)22(36)26(39)33-20(23(37)25(32)38)15-18-11-10-12-18/h18-22,24H,7-17H2,1-6H3,(H2,32,38)(H,33,39)(H2,34,35,41)/t19?,20?,21?,22-,24?/m0/s1. The first-order chi connectivity index (χ1) is 20.3. The first-order valence-corrected chi connectivity index (χ1v) is 18.0. The van der Waals surface area contributed by atoms with Crippen LogP contribution in [0.25, 0.3) is 0 Å². The summed E-state index contributed by atoms with van der Waals surface area (Å²) in [5.41, 5.74) is 3.46. The van der Waals surface area contributed by atoms with E-state index in [1.54, 1.807) is 0 Å². The van der Waals surface area contributed by atoms with Crippen molar-refractivity contribution in [3.8, 4) is 0 Å². The molecule has 4 fully saturated rings. The van der Waals surface area contributed by atoms with E-state index in [2.05, 4.69) is 16.0 Å². The first kappa shape index (κ1) is 34.2. The van der Waals surface area contributed by atoms with Crippen LogP contribution in [0.15, 0.2) is 0 Å². The summed E-state index contributed by atoms with van der Waals surface area (Å²) in [6.45, 7) is 9.86. The van der Waals surface area contributed by atoms with Gasteiger partial charge in [-0.05, 0) is 47.8 Å². The molecule has 5 atom stereocenters. The van der Waals surface area contributed by atoms with Gasteiger partial charge in [0.2, 0.25) is 17.6 Å². The van der Waals surface area contributed by atoms with Crippen molar-refractivity contribution in [2.45, 2.75) is 116 Å². The molecule has 0 aromatic carbocycles. The number of hydrogen-bond donors (Lipinski definition) is 4. The second-order valence-electron chi connectivity index (χ2n) is 15.5. The maximum Gasteiger partial charge on any atom is 0.315 e. The van der Waals surface area contributed by atoms with Crippen molar-refractivity contribution in [2.24, 2.45) is 34.3 Å². The van der Waals surface area contributed by atoms with Gasteiger partial charge in [-0.3, -0.25) is 19.2 Å². The Bertz CT molecular complexity index is 1280. The Morgan fingerprint density at radius 2 is 1.59 bits per heavy atom. The number of piperidine rings is 1. The Hall–Kier alpha value is -2.70. The SMILES string of the molecule is CC(C)(C)C(NC(=O)NC1(CS(C)(=O)=O)CCCCC1)C(=O)N1CC2C([C@H]1C(=O)NC(CC1CCC1)C(=O)C(N)=O)C2(C)C. The third kappa shape index (κ3) is 7.39. The van der Waals surface area contributed by atoms with Crippen LogP contribution in [0.2, 0.25) is 0 Å². The molecule has 5 amide bonds. The molecule has 0 aromatic rings. The minimum Gasteiger partial charge on any atom is -0.363 e. The van der Waals surface area contributed by atoms with E-state index in [0.717, 1.165) is 44.8 Å². The van der Waals surface area contributed by atoms with E-state index in [9.17, 15) is 32.4 Å². The van der Waals surface area contributed by atoms with Crippen LogP contribution in [-0.4, -0.2) is 85.1 Å². The predicted octanol–water partition coefficient (Wildman–Crippen LogP) is 1.66. The number of urea groups is 1. The zero-order chi connectivity index (χ0) is 32.8. The van der Waals surface area contributed by atoms with Gasteiger partial charge in [-0.2, -0.15) is 0 Å². The number of ketones is 1. The molecule has 0 spiro atoms. The lowest BCUT2D eigenvalue weighted by Gasteiger charge is -2.40. The summed E-state index contributed by atoms with van der Waals surface area (Å²) in [6.07, 6.45) is 7.94. The lowest BCUT2D eigenvalue weighted by Crippen LogP contribution is -2.63. The summed E-state index contributed by atoms with van der Waals surface area (Å²) in [4.78, 5) is 67.6. The molecular formula is C31H51N5O7S.